The number of hydrogen-bond acceptors (Lipinski definition) is 13. The number of nitrogens with two attached hydrogens (primary N) is 1. The van der Waals surface area contributed by atoms with Crippen molar-refractivity contribution in [1.82, 2.24) is 20.1 Å². The van der Waals surface area contributed by atoms with E-state index in [9.17, 15) is 34.5 Å². The number of fused-ring (bicyclic) bond motifs is 6. The highest BCUT2D eigenvalue weighted by Crippen LogP contribution is 2.67. The summed E-state index contributed by atoms with van der Waals surface area (Å²) < 4.78 is 11.2. The lowest BCUT2D eigenvalue weighted by Crippen LogP contribution is -2.81. The Hall–Kier alpha value is -4.64. The molecule has 6 heterocycles. The molecule has 5 aliphatic heterocycles. The van der Waals surface area contributed by atoms with Gasteiger partial charge in [-0.05, 0) is 93.2 Å². The van der Waals surface area contributed by atoms with E-state index in [1.54, 1.807) is 0 Å². The molecule has 6 aliphatic rings. The monoisotopic (exact) mass is 880 g/mol. The van der Waals surface area contributed by atoms with Gasteiger partial charge in [0.05, 0.1) is 23.7 Å². The van der Waals surface area contributed by atoms with E-state index < -0.39 is 57.5 Å². The largest absolute Gasteiger partial charge is 0.467 e. The third-order valence-electron chi connectivity index (χ3n) is 16.4. The fraction of sp³-hybridized carbons (Fsp3) is 0.592. The van der Waals surface area contributed by atoms with Gasteiger partial charge in [0, 0.05) is 84.5 Å². The van der Waals surface area contributed by atoms with Gasteiger partial charge in [-0.1, -0.05) is 50.3 Å². The topological polar surface area (TPSA) is 211 Å². The van der Waals surface area contributed by atoms with Crippen LogP contribution in [0.2, 0.25) is 0 Å². The molecule has 15 heteroatoms. The summed E-state index contributed by atoms with van der Waals surface area (Å²) in [5.74, 6) is -1.34. The second kappa shape index (κ2) is 16.4. The fourth-order valence-electron chi connectivity index (χ4n) is 13.8. The minimum Gasteiger partial charge on any atom is -0.467 e. The lowest BCUT2D eigenvalue weighted by Gasteiger charge is -2.63. The summed E-state index contributed by atoms with van der Waals surface area (Å²) in [6, 6.07) is 10.0. The molecule has 11 atom stereocenters. The number of carbonyl (C=O) groups is 4. The Kier molecular flexibility index (Phi) is 11.4. The van der Waals surface area contributed by atoms with Crippen molar-refractivity contribution in [2.24, 2.45) is 17.1 Å². The fourth-order valence-corrected chi connectivity index (χ4v) is 13.8. The van der Waals surface area contributed by atoms with Crippen LogP contribution in [0.3, 0.4) is 0 Å². The summed E-state index contributed by atoms with van der Waals surface area (Å²) in [7, 11) is 1.83. The summed E-state index contributed by atoms with van der Waals surface area (Å²) >= 11 is 0. The van der Waals surface area contributed by atoms with Crippen molar-refractivity contribution in [1.29, 1.82) is 0 Å². The quantitative estimate of drug-likeness (QED) is 0.0632. The number of anilines is 1. The third-order valence-corrected chi connectivity index (χ3v) is 16.4. The van der Waals surface area contributed by atoms with E-state index in [2.05, 4.69) is 32.2 Å². The van der Waals surface area contributed by atoms with Crippen LogP contribution in [0.5, 0.6) is 0 Å². The third kappa shape index (κ3) is 6.43. The number of para-hydroxylation sites is 1. The average Bonchev–Trinajstić information content (AvgIpc) is 3.95. The molecule has 344 valence electrons. The van der Waals surface area contributed by atoms with E-state index in [1.807, 2.05) is 62.2 Å². The number of aromatic nitrogens is 1. The number of nitrogens with zero attached hydrogens (tertiary/aromatic N) is 3. The summed E-state index contributed by atoms with van der Waals surface area (Å²) in [5.41, 5.74) is 4.76. The Balaban J connectivity index is 1.25. The lowest BCUT2D eigenvalue weighted by atomic mass is 9.47. The highest BCUT2D eigenvalue weighted by Gasteiger charge is 2.78. The molecule has 2 saturated heterocycles. The Morgan fingerprint density at radius 2 is 1.88 bits per heavy atom. The predicted molar refractivity (Wildman–Crippen MR) is 240 cm³/mol. The normalized spacial score (nSPS) is 35.5. The number of carbonyl (C=O) groups excluding carboxylic acids is 4. The predicted octanol–water partition coefficient (Wildman–Crippen LogP) is 2.45. The molecule has 64 heavy (non-hydrogen) atoms. The Morgan fingerprint density at radius 1 is 1.08 bits per heavy atom. The van der Waals surface area contributed by atoms with E-state index in [0.29, 0.717) is 88.0 Å². The van der Waals surface area contributed by atoms with Crippen LogP contribution in [0.1, 0.15) is 92.0 Å². The van der Waals surface area contributed by atoms with E-state index in [0.717, 1.165) is 40.6 Å². The SMILES string of the molecule is CCC1(O)C[C@H]2C[N@](CCc3c([nH]c4ccccc34)[C@@](COC=O)(c3cc4c(cc3C=O)N(C)C3C45CCN4CC=C[C@](CC)(C45)[C@@H](O)[C@]3(O)C(=O)NCCCOC(=O)[C@H](C)N)C2)C1. The van der Waals surface area contributed by atoms with Crippen molar-refractivity contribution >= 4 is 41.2 Å². The number of aliphatic hydroxyl groups excluding tert-OH is 1. The highest BCUT2D eigenvalue weighted by atomic mass is 16.5. The summed E-state index contributed by atoms with van der Waals surface area (Å²) in [4.78, 5) is 63.5. The molecular formula is C49H64N6O9. The van der Waals surface area contributed by atoms with Gasteiger partial charge in [0.2, 0.25) is 0 Å². The maximum Gasteiger partial charge on any atom is 0.322 e. The molecule has 2 aromatic carbocycles. The first kappa shape index (κ1) is 44.6. The number of aromatic amines is 1. The number of benzene rings is 2. The van der Waals surface area contributed by atoms with Crippen molar-refractivity contribution in [3.05, 3.63) is 76.5 Å². The number of esters is 1. The van der Waals surface area contributed by atoms with Crippen molar-refractivity contribution in [3.63, 3.8) is 0 Å². The number of H-pyrrole nitrogens is 1. The van der Waals surface area contributed by atoms with Crippen LogP contribution in [0.4, 0.5) is 5.69 Å². The van der Waals surface area contributed by atoms with Crippen molar-refractivity contribution in [2.75, 3.05) is 64.4 Å². The van der Waals surface area contributed by atoms with Crippen LogP contribution in [0.15, 0.2) is 48.6 Å². The first-order chi connectivity index (χ1) is 30.7. The minimum absolute atomic E-state index is 0.0144. The molecule has 1 aliphatic carbocycles. The molecule has 9 rings (SSSR count). The van der Waals surface area contributed by atoms with Gasteiger partial charge in [-0.2, -0.15) is 0 Å². The van der Waals surface area contributed by atoms with Gasteiger partial charge in [0.15, 0.2) is 5.60 Å². The molecule has 2 bridgehead atoms. The average molecular weight is 881 g/mol. The lowest BCUT2D eigenvalue weighted by molar-refractivity contribution is -0.203. The van der Waals surface area contributed by atoms with E-state index in [4.69, 9.17) is 15.2 Å². The number of aldehydes is 1. The number of rotatable bonds is 13. The molecule has 3 aromatic rings. The van der Waals surface area contributed by atoms with Crippen LogP contribution in [0.25, 0.3) is 10.9 Å². The van der Waals surface area contributed by atoms with Crippen molar-refractivity contribution < 1.29 is 44.0 Å². The Labute approximate surface area is 374 Å². The molecule has 7 N–H and O–H groups in total. The van der Waals surface area contributed by atoms with Gasteiger partial charge >= 0.3 is 5.97 Å². The van der Waals surface area contributed by atoms with Crippen molar-refractivity contribution in [3.8, 4) is 0 Å². The van der Waals surface area contributed by atoms with Gasteiger partial charge in [-0.25, -0.2) is 0 Å². The van der Waals surface area contributed by atoms with Gasteiger partial charge in [0.25, 0.3) is 12.4 Å². The highest BCUT2D eigenvalue weighted by molar-refractivity contribution is 5.92. The van der Waals surface area contributed by atoms with E-state index in [1.165, 1.54) is 6.92 Å². The van der Waals surface area contributed by atoms with Gasteiger partial charge < -0.3 is 45.7 Å². The van der Waals surface area contributed by atoms with Crippen LogP contribution >= 0.6 is 0 Å². The zero-order valence-electron chi connectivity index (χ0n) is 37.5. The maximum atomic E-state index is 14.8. The smallest absolute Gasteiger partial charge is 0.322 e. The summed E-state index contributed by atoms with van der Waals surface area (Å²) in [6.07, 6.45) is 6.82. The zero-order valence-corrected chi connectivity index (χ0v) is 37.5. The molecule has 0 radical (unpaired) electrons. The number of hydrogen-bond donors (Lipinski definition) is 6. The maximum absolute atomic E-state index is 14.8. The first-order valence-corrected chi connectivity index (χ1v) is 23.2. The Bertz CT molecular complexity index is 2370. The van der Waals surface area contributed by atoms with E-state index >= 15 is 0 Å². The van der Waals surface area contributed by atoms with Crippen LogP contribution in [0, 0.1) is 11.3 Å². The second-order valence-electron chi connectivity index (χ2n) is 19.8. The molecule has 1 saturated carbocycles. The molecule has 1 spiro atoms. The molecule has 15 nitrogen and oxygen atoms in total. The molecule has 4 unspecified atom stereocenters. The van der Waals surface area contributed by atoms with Crippen LogP contribution in [-0.4, -0.2) is 150 Å². The van der Waals surface area contributed by atoms with Gasteiger partial charge in [-0.15, -0.1) is 0 Å². The number of ether oxygens (including phenoxy) is 2. The van der Waals surface area contributed by atoms with Crippen molar-refractivity contribution in [2.45, 2.75) is 112 Å². The number of likely N-dealkylation sites (N-methyl/N-ethyl adjacent to an activating group) is 1. The molecule has 3 fully saturated rings. The number of aliphatic hydroxyl groups is 3. The Morgan fingerprint density at radius 3 is 2.61 bits per heavy atom. The number of amides is 1. The van der Waals surface area contributed by atoms with Crippen LogP contribution in [-0.2, 0) is 41.1 Å². The zero-order chi connectivity index (χ0) is 45.4. The summed E-state index contributed by atoms with van der Waals surface area (Å²) in [5, 5.41) is 42.1. The first-order valence-electron chi connectivity index (χ1n) is 23.2. The second-order valence-corrected chi connectivity index (χ2v) is 19.8. The molecular weight excluding hydrogens is 817 g/mol. The molecule has 1 aromatic heterocycles. The molecule has 1 amide bonds. The standard InChI is InChI=1S/C49H64N6O9/c1-5-45(61)23-31-24-47(28-63-29-57,39-34(13-18-54(25-31)27-45)33-11-7-8-12-37(33)52-39)35-22-36-38(21-32(35)26-56)53(4)42-48(36)15-19-55-17-9-14-46(6-2,41(48)55)43(59)49(42,62)44(60)51-16-10-20-64-40(58)30(3)50/h7-9,11-12,14,21-22,26,29-31,41-43,52,59,61-62H,5-6,10,13,15-20,23-25,27-28,50H2,1-4H3,(H,51,60)/t30-,31+,41?,42?,43+,45?,46+,47-,48?,49-/m0/s1. The van der Waals surface area contributed by atoms with Gasteiger partial charge in [-0.3, -0.25) is 29.0 Å². The van der Waals surface area contributed by atoms with Gasteiger partial charge in [0.1, 0.15) is 25.0 Å². The number of nitrogens with one attached hydrogen (secondary N) is 2. The van der Waals surface area contributed by atoms with Crippen LogP contribution < -0.4 is 16.0 Å². The van der Waals surface area contributed by atoms with E-state index in [-0.39, 0.29) is 38.1 Å². The summed E-state index contributed by atoms with van der Waals surface area (Å²) in [6.45, 7) is 9.26. The minimum atomic E-state index is -2.35. The number of piperidine rings is 1.